The second kappa shape index (κ2) is 19.2. The summed E-state index contributed by atoms with van der Waals surface area (Å²) in [4.78, 5) is 0. The van der Waals surface area contributed by atoms with E-state index in [1.54, 1.807) is 44.9 Å². The largest absolute Gasteiger partial charge is 0.0654 e. The zero-order valence-electron chi connectivity index (χ0n) is 23.6. The molecule has 2 saturated carbocycles. The van der Waals surface area contributed by atoms with Crippen LogP contribution in [0.15, 0.2) is 0 Å². The average Bonchev–Trinajstić information content (AvgIpc) is 2.84. The van der Waals surface area contributed by atoms with Crippen LogP contribution in [-0.2, 0) is 0 Å². The van der Waals surface area contributed by atoms with Crippen molar-refractivity contribution < 1.29 is 0 Å². The van der Waals surface area contributed by atoms with Crippen LogP contribution in [0.2, 0.25) is 0 Å². The molecule has 0 aliphatic heterocycles. The molecule has 0 amide bonds. The Morgan fingerprint density at radius 1 is 0.485 bits per heavy atom. The minimum Gasteiger partial charge on any atom is -0.0654 e. The molecule has 2 atom stereocenters. The molecule has 196 valence electrons. The van der Waals surface area contributed by atoms with Crippen molar-refractivity contribution in [3.05, 3.63) is 0 Å². The fraction of sp³-hybridized carbons (Fsp3) is 1.00. The van der Waals surface area contributed by atoms with Crippen molar-refractivity contribution in [2.24, 2.45) is 29.6 Å². The Hall–Kier alpha value is 0. The molecule has 0 aromatic rings. The van der Waals surface area contributed by atoms with Crippen LogP contribution in [-0.4, -0.2) is 0 Å². The quantitative estimate of drug-likeness (QED) is 0.284. The highest BCUT2D eigenvalue weighted by molar-refractivity contribution is 4.82. The van der Waals surface area contributed by atoms with Gasteiger partial charge < -0.3 is 0 Å². The van der Waals surface area contributed by atoms with Gasteiger partial charge in [-0.25, -0.2) is 0 Å². The van der Waals surface area contributed by atoms with E-state index in [0.29, 0.717) is 0 Å². The third kappa shape index (κ3) is 12.5. The number of hydrogen-bond donors (Lipinski definition) is 0. The van der Waals surface area contributed by atoms with E-state index in [-0.39, 0.29) is 0 Å². The summed E-state index contributed by atoms with van der Waals surface area (Å²) in [6.07, 6.45) is 37.7. The van der Waals surface area contributed by atoms with Crippen LogP contribution in [0.1, 0.15) is 181 Å². The molecule has 0 radical (unpaired) electrons. The smallest absolute Gasteiger partial charge is 0.0386 e. The van der Waals surface area contributed by atoms with Gasteiger partial charge in [-0.3, -0.25) is 0 Å². The van der Waals surface area contributed by atoms with Crippen LogP contribution >= 0.6 is 0 Å². The van der Waals surface area contributed by atoms with Crippen molar-refractivity contribution in [2.45, 2.75) is 181 Å². The maximum absolute atomic E-state index is 2.40. The topological polar surface area (TPSA) is 0 Å². The Balaban J connectivity index is 1.87. The van der Waals surface area contributed by atoms with E-state index in [4.69, 9.17) is 0 Å². The Morgan fingerprint density at radius 2 is 1.00 bits per heavy atom. The Kier molecular flexibility index (Phi) is 17.0. The van der Waals surface area contributed by atoms with Gasteiger partial charge in [0, 0.05) is 0 Å². The van der Waals surface area contributed by atoms with Crippen LogP contribution in [0.25, 0.3) is 0 Å². The SMILES string of the molecule is CCCCCC1CCCCCCCCCCC(C2CCC(C(CCC)CCC)CC2)CCC1. The Labute approximate surface area is 210 Å². The highest BCUT2D eigenvalue weighted by atomic mass is 14.4. The molecule has 33 heavy (non-hydrogen) atoms. The standard InChI is InChI=1S/C33H64/c1-4-7-14-20-29-21-15-12-10-8-9-11-13-16-23-31(24-17-22-29)33-27-25-32(26-28-33)30(18-5-2)19-6-3/h29-33H,4-28H2,1-3H3. The zero-order valence-corrected chi connectivity index (χ0v) is 23.6. The number of rotatable bonds is 10. The van der Waals surface area contributed by atoms with Gasteiger partial charge in [0.25, 0.3) is 0 Å². The molecule has 0 N–H and O–H groups in total. The van der Waals surface area contributed by atoms with E-state index in [1.165, 1.54) is 116 Å². The van der Waals surface area contributed by atoms with E-state index in [1.807, 2.05) is 0 Å². The van der Waals surface area contributed by atoms with Gasteiger partial charge in [0.1, 0.15) is 0 Å². The molecule has 0 saturated heterocycles. The van der Waals surface area contributed by atoms with Crippen molar-refractivity contribution in [3.8, 4) is 0 Å². The molecule has 0 spiro atoms. The zero-order chi connectivity index (χ0) is 23.6. The molecule has 0 heterocycles. The summed E-state index contributed by atoms with van der Waals surface area (Å²) < 4.78 is 0. The maximum atomic E-state index is 2.40. The summed E-state index contributed by atoms with van der Waals surface area (Å²) in [5, 5.41) is 0. The minimum atomic E-state index is 1.04. The molecule has 0 nitrogen and oxygen atoms in total. The first-order chi connectivity index (χ1) is 16.3. The first kappa shape index (κ1) is 29.2. The normalized spacial score (nSPS) is 29.5. The number of unbranched alkanes of at least 4 members (excludes halogenated alkanes) is 2. The molecule has 2 rings (SSSR count). The molecule has 2 aliphatic rings. The first-order valence-electron chi connectivity index (χ1n) is 16.3. The second-order valence-electron chi connectivity index (χ2n) is 12.5. The molecular weight excluding hydrogens is 396 g/mol. The van der Waals surface area contributed by atoms with E-state index >= 15 is 0 Å². The van der Waals surface area contributed by atoms with E-state index in [0.717, 1.165) is 29.6 Å². The molecule has 0 heteroatoms. The fourth-order valence-corrected chi connectivity index (χ4v) is 7.75. The molecule has 0 bridgehead atoms. The van der Waals surface area contributed by atoms with Gasteiger partial charge in [0.15, 0.2) is 0 Å². The van der Waals surface area contributed by atoms with Gasteiger partial charge in [-0.05, 0) is 55.3 Å². The maximum Gasteiger partial charge on any atom is -0.0386 e. The van der Waals surface area contributed by atoms with Crippen LogP contribution in [0.3, 0.4) is 0 Å². The van der Waals surface area contributed by atoms with Crippen LogP contribution in [0.5, 0.6) is 0 Å². The Bertz CT molecular complexity index is 412. The van der Waals surface area contributed by atoms with Gasteiger partial charge >= 0.3 is 0 Å². The van der Waals surface area contributed by atoms with Gasteiger partial charge in [-0.1, -0.05) is 156 Å². The molecule has 2 fully saturated rings. The predicted octanol–water partition coefficient (Wildman–Crippen LogP) is 11.9. The third-order valence-electron chi connectivity index (χ3n) is 9.81. The van der Waals surface area contributed by atoms with Gasteiger partial charge in [-0.2, -0.15) is 0 Å². The van der Waals surface area contributed by atoms with Crippen molar-refractivity contribution in [2.75, 3.05) is 0 Å². The third-order valence-corrected chi connectivity index (χ3v) is 9.81. The van der Waals surface area contributed by atoms with Crippen molar-refractivity contribution >= 4 is 0 Å². The van der Waals surface area contributed by atoms with Gasteiger partial charge in [-0.15, -0.1) is 0 Å². The molecule has 0 aromatic heterocycles. The lowest BCUT2D eigenvalue weighted by molar-refractivity contribution is 0.138. The summed E-state index contributed by atoms with van der Waals surface area (Å²) in [5.41, 5.74) is 0. The molecule has 2 unspecified atom stereocenters. The summed E-state index contributed by atoms with van der Waals surface area (Å²) in [7, 11) is 0. The summed E-state index contributed by atoms with van der Waals surface area (Å²) >= 11 is 0. The summed E-state index contributed by atoms with van der Waals surface area (Å²) in [6, 6.07) is 0. The van der Waals surface area contributed by atoms with E-state index in [9.17, 15) is 0 Å². The van der Waals surface area contributed by atoms with Crippen LogP contribution in [0.4, 0.5) is 0 Å². The van der Waals surface area contributed by atoms with Crippen LogP contribution < -0.4 is 0 Å². The monoisotopic (exact) mass is 461 g/mol. The Morgan fingerprint density at radius 3 is 1.61 bits per heavy atom. The predicted molar refractivity (Wildman–Crippen MR) is 150 cm³/mol. The number of hydrogen-bond acceptors (Lipinski definition) is 0. The first-order valence-corrected chi connectivity index (χ1v) is 16.3. The summed E-state index contributed by atoms with van der Waals surface area (Å²) in [5.74, 6) is 5.27. The van der Waals surface area contributed by atoms with Crippen molar-refractivity contribution in [3.63, 3.8) is 0 Å². The minimum absolute atomic E-state index is 1.04. The van der Waals surface area contributed by atoms with E-state index in [2.05, 4.69) is 20.8 Å². The van der Waals surface area contributed by atoms with Crippen LogP contribution in [0, 0.1) is 29.6 Å². The molecule has 0 aromatic carbocycles. The second-order valence-corrected chi connectivity index (χ2v) is 12.5. The van der Waals surface area contributed by atoms with Crippen molar-refractivity contribution in [1.82, 2.24) is 0 Å². The average molecular weight is 461 g/mol. The van der Waals surface area contributed by atoms with E-state index < -0.39 is 0 Å². The van der Waals surface area contributed by atoms with Gasteiger partial charge in [0.05, 0.1) is 0 Å². The summed E-state index contributed by atoms with van der Waals surface area (Å²) in [6.45, 7) is 7.17. The highest BCUT2D eigenvalue weighted by Crippen LogP contribution is 2.42. The molecule has 2 aliphatic carbocycles. The van der Waals surface area contributed by atoms with Gasteiger partial charge in [0.2, 0.25) is 0 Å². The lowest BCUT2D eigenvalue weighted by Gasteiger charge is -2.37. The lowest BCUT2D eigenvalue weighted by atomic mass is 9.68. The molecular formula is C33H64. The fourth-order valence-electron chi connectivity index (χ4n) is 7.75. The highest BCUT2D eigenvalue weighted by Gasteiger charge is 2.30. The lowest BCUT2D eigenvalue weighted by Crippen LogP contribution is -2.26. The van der Waals surface area contributed by atoms with Crippen molar-refractivity contribution in [1.29, 1.82) is 0 Å².